The van der Waals surface area contributed by atoms with E-state index in [9.17, 15) is 0 Å². The van der Waals surface area contributed by atoms with Crippen molar-refractivity contribution in [2.45, 2.75) is 32.2 Å². The van der Waals surface area contributed by atoms with E-state index in [1.54, 1.807) is 7.11 Å². The Kier molecular flexibility index (Phi) is 11.7. The molecule has 1 rings (SSSR count). The monoisotopic (exact) mass is 384 g/mol. The van der Waals surface area contributed by atoms with Gasteiger partial charge in [0.05, 0.1) is 6.54 Å². The van der Waals surface area contributed by atoms with E-state index in [1.165, 1.54) is 19.4 Å². The van der Waals surface area contributed by atoms with Gasteiger partial charge < -0.3 is 20.3 Å². The van der Waals surface area contributed by atoms with E-state index in [-0.39, 0.29) is 24.0 Å². The third kappa shape index (κ3) is 7.94. The molecule has 5 nitrogen and oxygen atoms in total. The third-order valence-electron chi connectivity index (χ3n) is 3.29. The van der Waals surface area contributed by atoms with Gasteiger partial charge in [0.1, 0.15) is 0 Å². The van der Waals surface area contributed by atoms with Crippen LogP contribution in [0.25, 0.3) is 0 Å². The molecule has 1 fully saturated rings. The van der Waals surface area contributed by atoms with Gasteiger partial charge in [-0.05, 0) is 39.8 Å². The molecule has 1 aliphatic rings. The first-order chi connectivity index (χ1) is 8.77. The van der Waals surface area contributed by atoms with Crippen LogP contribution in [0.15, 0.2) is 4.99 Å². The zero-order valence-corrected chi connectivity index (χ0v) is 14.8. The molecule has 19 heavy (non-hydrogen) atoms. The minimum Gasteiger partial charge on any atom is -0.385 e. The van der Waals surface area contributed by atoms with Crippen LogP contribution >= 0.6 is 24.0 Å². The summed E-state index contributed by atoms with van der Waals surface area (Å²) in [6.07, 6.45) is 3.57. The number of guanidine groups is 1. The Morgan fingerprint density at radius 3 is 2.79 bits per heavy atom. The fourth-order valence-corrected chi connectivity index (χ4v) is 2.17. The van der Waals surface area contributed by atoms with Gasteiger partial charge in [0.25, 0.3) is 0 Å². The van der Waals surface area contributed by atoms with E-state index >= 15 is 0 Å². The molecule has 0 aromatic rings. The number of hydrogen-bond donors (Lipinski definition) is 2. The minimum atomic E-state index is 0. The summed E-state index contributed by atoms with van der Waals surface area (Å²) >= 11 is 0. The highest BCUT2D eigenvalue weighted by Crippen LogP contribution is 2.14. The van der Waals surface area contributed by atoms with Gasteiger partial charge in [-0.1, -0.05) is 0 Å². The van der Waals surface area contributed by atoms with Crippen molar-refractivity contribution in [2.75, 3.05) is 46.9 Å². The number of likely N-dealkylation sites (tertiary alicyclic amines) is 1. The summed E-state index contributed by atoms with van der Waals surface area (Å²) in [5.41, 5.74) is 0. The second-order valence-corrected chi connectivity index (χ2v) is 4.77. The Morgan fingerprint density at radius 2 is 2.21 bits per heavy atom. The lowest BCUT2D eigenvalue weighted by atomic mass is 10.2. The van der Waals surface area contributed by atoms with Crippen molar-refractivity contribution in [2.24, 2.45) is 4.99 Å². The summed E-state index contributed by atoms with van der Waals surface area (Å²) in [5.74, 6) is 0.925. The van der Waals surface area contributed by atoms with Gasteiger partial charge in [-0.2, -0.15) is 0 Å². The van der Waals surface area contributed by atoms with Crippen LogP contribution < -0.4 is 10.6 Å². The molecule has 0 bridgehead atoms. The van der Waals surface area contributed by atoms with Gasteiger partial charge in [0.15, 0.2) is 5.96 Å². The summed E-state index contributed by atoms with van der Waals surface area (Å²) in [6.45, 7) is 6.77. The highest BCUT2D eigenvalue weighted by Gasteiger charge is 2.20. The molecule has 1 saturated heterocycles. The number of nitrogens with one attached hydrogen (secondary N) is 2. The van der Waals surface area contributed by atoms with E-state index < -0.39 is 0 Å². The molecule has 2 N–H and O–H groups in total. The first kappa shape index (κ1) is 18.9. The van der Waals surface area contributed by atoms with Crippen LogP contribution in [0.4, 0.5) is 0 Å². The third-order valence-corrected chi connectivity index (χ3v) is 3.29. The normalized spacial score (nSPS) is 20.2. The second kappa shape index (κ2) is 11.7. The van der Waals surface area contributed by atoms with Crippen molar-refractivity contribution in [3.8, 4) is 0 Å². The molecule has 0 saturated carbocycles. The second-order valence-electron chi connectivity index (χ2n) is 4.77. The largest absolute Gasteiger partial charge is 0.385 e. The van der Waals surface area contributed by atoms with Gasteiger partial charge >= 0.3 is 0 Å². The molecule has 1 heterocycles. The summed E-state index contributed by atoms with van der Waals surface area (Å²) < 4.78 is 5.03. The van der Waals surface area contributed by atoms with Crippen LogP contribution in [0, 0.1) is 0 Å². The Hall–Kier alpha value is -0.0800. The number of nitrogens with zero attached hydrogens (tertiary/aromatic N) is 2. The Labute approximate surface area is 134 Å². The van der Waals surface area contributed by atoms with Crippen molar-refractivity contribution >= 4 is 29.9 Å². The summed E-state index contributed by atoms with van der Waals surface area (Å²) in [6, 6.07) is 0.611. The minimum absolute atomic E-state index is 0. The highest BCUT2D eigenvalue weighted by atomic mass is 127. The van der Waals surface area contributed by atoms with E-state index in [2.05, 4.69) is 34.5 Å². The van der Waals surface area contributed by atoms with E-state index in [4.69, 9.17) is 4.74 Å². The van der Waals surface area contributed by atoms with Crippen LogP contribution in [-0.2, 0) is 4.74 Å². The quantitative estimate of drug-likeness (QED) is 0.301. The SMILES string of the molecule is CCNC(=NCC1CCCN1C)NCCCOC.I. The molecular formula is C13H29IN4O. The standard InChI is InChI=1S/C13H28N4O.HI/c1-4-14-13(15-8-6-10-18-3)16-11-12-7-5-9-17(12)2;/h12H,4-11H2,1-3H3,(H2,14,15,16);1H. The molecule has 0 aromatic heterocycles. The predicted octanol–water partition coefficient (Wildman–Crippen LogP) is 1.29. The van der Waals surface area contributed by atoms with Crippen LogP contribution in [0.5, 0.6) is 0 Å². The first-order valence-electron chi connectivity index (χ1n) is 6.99. The Bertz CT molecular complexity index is 251. The van der Waals surface area contributed by atoms with Crippen molar-refractivity contribution < 1.29 is 4.74 Å². The van der Waals surface area contributed by atoms with Gasteiger partial charge in [-0.15, -0.1) is 24.0 Å². The molecule has 1 unspecified atom stereocenters. The molecule has 1 aliphatic heterocycles. The maximum atomic E-state index is 5.03. The Morgan fingerprint density at radius 1 is 1.42 bits per heavy atom. The lowest BCUT2D eigenvalue weighted by molar-refractivity contribution is 0.195. The van der Waals surface area contributed by atoms with Gasteiger partial charge in [-0.25, -0.2) is 0 Å². The van der Waals surface area contributed by atoms with Crippen LogP contribution in [0.3, 0.4) is 0 Å². The van der Waals surface area contributed by atoms with Gasteiger partial charge in [0.2, 0.25) is 0 Å². The zero-order valence-electron chi connectivity index (χ0n) is 12.4. The van der Waals surface area contributed by atoms with Gasteiger partial charge in [0, 0.05) is 32.8 Å². The summed E-state index contributed by atoms with van der Waals surface area (Å²) in [5, 5.41) is 6.61. The summed E-state index contributed by atoms with van der Waals surface area (Å²) in [4.78, 5) is 7.06. The number of aliphatic imine (C=N–C) groups is 1. The number of halogens is 1. The molecule has 114 valence electrons. The van der Waals surface area contributed by atoms with Crippen LogP contribution in [0.1, 0.15) is 26.2 Å². The molecule has 0 spiro atoms. The average Bonchev–Trinajstić information content (AvgIpc) is 2.77. The van der Waals surface area contributed by atoms with Crippen molar-refractivity contribution in [3.05, 3.63) is 0 Å². The highest BCUT2D eigenvalue weighted by molar-refractivity contribution is 14.0. The number of ether oxygens (including phenoxy) is 1. The lowest BCUT2D eigenvalue weighted by Gasteiger charge is -2.18. The van der Waals surface area contributed by atoms with E-state index in [0.29, 0.717) is 6.04 Å². The molecule has 1 atom stereocenters. The summed E-state index contributed by atoms with van der Waals surface area (Å²) in [7, 11) is 3.92. The number of methoxy groups -OCH3 is 1. The van der Waals surface area contributed by atoms with Crippen LogP contribution in [-0.4, -0.2) is 63.8 Å². The maximum absolute atomic E-state index is 5.03. The maximum Gasteiger partial charge on any atom is 0.191 e. The van der Waals surface area contributed by atoms with Gasteiger partial charge in [-0.3, -0.25) is 4.99 Å². The zero-order chi connectivity index (χ0) is 13.2. The molecular weight excluding hydrogens is 355 g/mol. The number of rotatable bonds is 7. The van der Waals surface area contributed by atoms with Crippen LogP contribution in [0.2, 0.25) is 0 Å². The molecule has 0 amide bonds. The predicted molar refractivity (Wildman–Crippen MR) is 91.5 cm³/mol. The molecule has 0 aromatic carbocycles. The van der Waals surface area contributed by atoms with Crippen molar-refractivity contribution in [1.29, 1.82) is 0 Å². The van der Waals surface area contributed by atoms with E-state index in [1.807, 2.05) is 0 Å². The molecule has 0 radical (unpaired) electrons. The van der Waals surface area contributed by atoms with E-state index in [0.717, 1.165) is 38.6 Å². The van der Waals surface area contributed by atoms with Crippen molar-refractivity contribution in [3.63, 3.8) is 0 Å². The molecule has 6 heteroatoms. The first-order valence-corrected chi connectivity index (χ1v) is 6.99. The molecule has 0 aliphatic carbocycles. The lowest BCUT2D eigenvalue weighted by Crippen LogP contribution is -2.39. The van der Waals surface area contributed by atoms with Crippen molar-refractivity contribution in [1.82, 2.24) is 15.5 Å². The fourth-order valence-electron chi connectivity index (χ4n) is 2.17. The number of likely N-dealkylation sites (N-methyl/N-ethyl adjacent to an activating group) is 1. The smallest absolute Gasteiger partial charge is 0.191 e. The average molecular weight is 384 g/mol. The fraction of sp³-hybridized carbons (Fsp3) is 0.923. The number of hydrogen-bond acceptors (Lipinski definition) is 3. The Balaban J connectivity index is 0.00000324. The topological polar surface area (TPSA) is 48.9 Å².